The number of carbonyl (C=O) groups is 1. The van der Waals surface area contributed by atoms with Crippen LogP contribution in [0.5, 0.6) is 0 Å². The molecule has 1 heterocycles. The third-order valence-electron chi connectivity index (χ3n) is 5.14. The van der Waals surface area contributed by atoms with Crippen LogP contribution in [0.25, 0.3) is 0 Å². The molecule has 0 spiro atoms. The molecule has 3 rings (SSSR count). The minimum Gasteiger partial charge on any atom is -0.349 e. The summed E-state index contributed by atoms with van der Waals surface area (Å²) in [7, 11) is -1.71. The van der Waals surface area contributed by atoms with E-state index >= 15 is 0 Å². The maximum absolute atomic E-state index is 12.4. The number of hydrogen-bond donors (Lipinski definition) is 2. The Morgan fingerprint density at radius 1 is 1.30 bits per heavy atom. The summed E-state index contributed by atoms with van der Waals surface area (Å²) in [4.78, 5) is 12.5. The molecule has 146 valence electrons. The number of nitrogens with zero attached hydrogens (tertiary/aromatic N) is 2. The monoisotopic (exact) mass is 390 g/mol. The van der Waals surface area contributed by atoms with Crippen LogP contribution >= 0.6 is 0 Å². The maximum Gasteiger partial charge on any atom is 0.240 e. The molecule has 1 amide bonds. The van der Waals surface area contributed by atoms with E-state index < -0.39 is 10.0 Å². The molecule has 0 saturated heterocycles. The van der Waals surface area contributed by atoms with Gasteiger partial charge in [-0.15, -0.1) is 0 Å². The first-order valence-electron chi connectivity index (χ1n) is 9.15. The first-order chi connectivity index (χ1) is 12.8. The second kappa shape index (κ2) is 7.82. The molecule has 1 unspecified atom stereocenters. The minimum atomic E-state index is -3.62. The number of aryl methyl sites for hydroxylation is 3. The van der Waals surface area contributed by atoms with E-state index in [0.29, 0.717) is 0 Å². The van der Waals surface area contributed by atoms with Gasteiger partial charge >= 0.3 is 0 Å². The van der Waals surface area contributed by atoms with Gasteiger partial charge in [-0.25, -0.2) is 13.1 Å². The van der Waals surface area contributed by atoms with E-state index in [9.17, 15) is 13.2 Å². The van der Waals surface area contributed by atoms with Gasteiger partial charge in [0.05, 0.1) is 17.1 Å². The van der Waals surface area contributed by atoms with Gasteiger partial charge in [0.15, 0.2) is 0 Å². The average Bonchev–Trinajstić information content (AvgIpc) is 2.99. The smallest absolute Gasteiger partial charge is 0.240 e. The lowest BCUT2D eigenvalue weighted by molar-refractivity contribution is -0.121. The Kier molecular flexibility index (Phi) is 5.67. The molecule has 0 bridgehead atoms. The summed E-state index contributed by atoms with van der Waals surface area (Å²) in [6.45, 7) is 3.87. The van der Waals surface area contributed by atoms with Crippen LogP contribution in [0.2, 0.25) is 0 Å². The number of carbonyl (C=O) groups excluding carboxylic acids is 1. The Bertz CT molecular complexity index is 950. The fraction of sp³-hybridized carbons (Fsp3) is 0.474. The summed E-state index contributed by atoms with van der Waals surface area (Å²) in [5, 5.41) is 7.27. The summed E-state index contributed by atoms with van der Waals surface area (Å²) in [5.41, 5.74) is 4.17. The molecule has 27 heavy (non-hydrogen) atoms. The molecule has 0 radical (unpaired) electrons. The molecule has 7 nitrogen and oxygen atoms in total. The van der Waals surface area contributed by atoms with Crippen LogP contribution in [-0.4, -0.2) is 30.7 Å². The zero-order chi connectivity index (χ0) is 19.6. The second-order valence-corrected chi connectivity index (χ2v) is 8.84. The molecule has 2 aromatic rings. The lowest BCUT2D eigenvalue weighted by Gasteiger charge is -2.23. The van der Waals surface area contributed by atoms with Gasteiger partial charge in [0.1, 0.15) is 0 Å². The molecule has 1 aromatic heterocycles. The molecule has 1 atom stereocenters. The van der Waals surface area contributed by atoms with E-state index in [0.717, 1.165) is 41.6 Å². The summed E-state index contributed by atoms with van der Waals surface area (Å²) >= 11 is 0. The normalized spacial score (nSPS) is 16.8. The highest BCUT2D eigenvalue weighted by atomic mass is 32.2. The largest absolute Gasteiger partial charge is 0.349 e. The van der Waals surface area contributed by atoms with Crippen LogP contribution in [0.15, 0.2) is 29.3 Å². The Morgan fingerprint density at radius 3 is 2.81 bits per heavy atom. The molecule has 2 N–H and O–H groups in total. The van der Waals surface area contributed by atoms with Gasteiger partial charge in [0, 0.05) is 31.3 Å². The van der Waals surface area contributed by atoms with Gasteiger partial charge in [0.25, 0.3) is 0 Å². The van der Waals surface area contributed by atoms with Crippen molar-refractivity contribution in [3.8, 4) is 0 Å². The highest BCUT2D eigenvalue weighted by Crippen LogP contribution is 2.29. The van der Waals surface area contributed by atoms with E-state index in [-0.39, 0.29) is 29.8 Å². The number of fused-ring (bicyclic) bond motifs is 1. The molecule has 1 aliphatic rings. The van der Waals surface area contributed by atoms with Gasteiger partial charge in [-0.3, -0.25) is 9.48 Å². The highest BCUT2D eigenvalue weighted by Gasteiger charge is 2.24. The summed E-state index contributed by atoms with van der Waals surface area (Å²) in [5.74, 6) is -0.167. The van der Waals surface area contributed by atoms with E-state index in [1.54, 1.807) is 18.2 Å². The average molecular weight is 391 g/mol. The number of benzene rings is 1. The number of sulfonamides is 1. The Hall–Kier alpha value is -2.19. The standard InChI is InChI=1S/C19H26N4O3S/c1-13-7-8-15(11-14(13)2)27(25,26)21-10-9-19(24)22-17-5-4-6-18-16(17)12-20-23(18)3/h7-8,11-12,17,21H,4-6,9-10H2,1-3H3,(H,22,24). The first kappa shape index (κ1) is 19.6. The first-order valence-corrected chi connectivity index (χ1v) is 10.6. The van der Waals surface area contributed by atoms with Crippen molar-refractivity contribution in [2.24, 2.45) is 7.05 Å². The molecular weight excluding hydrogens is 364 g/mol. The van der Waals surface area contributed by atoms with Crippen molar-refractivity contribution in [1.82, 2.24) is 19.8 Å². The van der Waals surface area contributed by atoms with E-state index in [4.69, 9.17) is 0 Å². The summed E-state index contributed by atoms with van der Waals surface area (Å²) in [6, 6.07) is 4.96. The van der Waals surface area contributed by atoms with Gasteiger partial charge in [-0.1, -0.05) is 6.07 Å². The van der Waals surface area contributed by atoms with Gasteiger partial charge in [-0.05, 0) is 56.4 Å². The molecule has 0 fully saturated rings. The molecule has 0 aliphatic heterocycles. The maximum atomic E-state index is 12.4. The van der Waals surface area contributed by atoms with Crippen molar-refractivity contribution in [3.63, 3.8) is 0 Å². The highest BCUT2D eigenvalue weighted by molar-refractivity contribution is 7.89. The van der Waals surface area contributed by atoms with Gasteiger partial charge in [-0.2, -0.15) is 5.10 Å². The lowest BCUT2D eigenvalue weighted by atomic mass is 9.93. The third-order valence-corrected chi connectivity index (χ3v) is 6.60. The quantitative estimate of drug-likeness (QED) is 0.788. The van der Waals surface area contributed by atoms with Crippen LogP contribution in [0.1, 0.15) is 47.7 Å². The predicted octanol–water partition coefficient (Wildman–Crippen LogP) is 1.90. The van der Waals surface area contributed by atoms with Crippen LogP contribution in [0, 0.1) is 13.8 Å². The number of aromatic nitrogens is 2. The van der Waals surface area contributed by atoms with Crippen molar-refractivity contribution >= 4 is 15.9 Å². The van der Waals surface area contributed by atoms with Crippen molar-refractivity contribution in [1.29, 1.82) is 0 Å². The molecule has 8 heteroatoms. The molecule has 0 saturated carbocycles. The SMILES string of the molecule is Cc1ccc(S(=O)(=O)NCCC(=O)NC2CCCc3c2cnn3C)cc1C. The van der Waals surface area contributed by atoms with Crippen LogP contribution < -0.4 is 10.0 Å². The number of rotatable bonds is 6. The number of hydrogen-bond acceptors (Lipinski definition) is 4. The van der Waals surface area contributed by atoms with Crippen molar-refractivity contribution < 1.29 is 13.2 Å². The van der Waals surface area contributed by atoms with Crippen LogP contribution in [-0.2, 0) is 28.3 Å². The van der Waals surface area contributed by atoms with Gasteiger partial charge in [0.2, 0.25) is 15.9 Å². The zero-order valence-electron chi connectivity index (χ0n) is 15.9. The fourth-order valence-corrected chi connectivity index (χ4v) is 4.50. The number of nitrogens with one attached hydrogen (secondary N) is 2. The third kappa shape index (κ3) is 4.39. The van der Waals surface area contributed by atoms with Crippen LogP contribution in [0.4, 0.5) is 0 Å². The lowest BCUT2D eigenvalue weighted by Crippen LogP contribution is -2.34. The molecular formula is C19H26N4O3S. The Morgan fingerprint density at radius 2 is 2.07 bits per heavy atom. The van der Waals surface area contributed by atoms with E-state index in [1.165, 1.54) is 0 Å². The van der Waals surface area contributed by atoms with Gasteiger partial charge < -0.3 is 5.32 Å². The van der Waals surface area contributed by atoms with E-state index in [2.05, 4.69) is 15.1 Å². The second-order valence-electron chi connectivity index (χ2n) is 7.08. The van der Waals surface area contributed by atoms with E-state index in [1.807, 2.05) is 31.8 Å². The summed E-state index contributed by atoms with van der Waals surface area (Å²) < 4.78 is 29.1. The number of amides is 1. The zero-order valence-corrected chi connectivity index (χ0v) is 16.8. The minimum absolute atomic E-state index is 0.0497. The fourth-order valence-electron chi connectivity index (χ4n) is 3.39. The topological polar surface area (TPSA) is 93.1 Å². The Balaban J connectivity index is 1.55. The predicted molar refractivity (Wildman–Crippen MR) is 103 cm³/mol. The van der Waals surface area contributed by atoms with Crippen molar-refractivity contribution in [3.05, 3.63) is 46.8 Å². The summed E-state index contributed by atoms with van der Waals surface area (Å²) in [6.07, 6.45) is 4.74. The van der Waals surface area contributed by atoms with Crippen molar-refractivity contribution in [2.45, 2.75) is 50.5 Å². The molecule has 1 aromatic carbocycles. The van der Waals surface area contributed by atoms with Crippen LogP contribution in [0.3, 0.4) is 0 Å². The Labute approximate surface area is 160 Å². The molecule has 1 aliphatic carbocycles. The van der Waals surface area contributed by atoms with Crippen molar-refractivity contribution in [2.75, 3.05) is 6.54 Å².